The van der Waals surface area contributed by atoms with Gasteiger partial charge in [-0.25, -0.2) is 9.78 Å². The zero-order chi connectivity index (χ0) is 11.5. The van der Waals surface area contributed by atoms with E-state index < -0.39 is 12.1 Å². The van der Waals surface area contributed by atoms with Crippen LogP contribution in [0.2, 0.25) is 0 Å². The van der Waals surface area contributed by atoms with Gasteiger partial charge in [0.2, 0.25) is 0 Å². The number of anilines is 1. The lowest BCUT2D eigenvalue weighted by molar-refractivity contribution is -0.136. The summed E-state index contributed by atoms with van der Waals surface area (Å²) in [5.41, 5.74) is 0.464. The minimum atomic E-state index is -0.932. The van der Waals surface area contributed by atoms with Crippen molar-refractivity contribution in [3.05, 3.63) is 11.1 Å². The fourth-order valence-corrected chi connectivity index (χ4v) is 2.22. The fraction of sp³-hybridized carbons (Fsp3) is 0.444. The maximum Gasteiger partial charge on any atom is 0.416 e. The number of cyclic esters (lactones) is 1. The Labute approximate surface area is 95.5 Å². The maximum atomic E-state index is 11.4. The number of thiazole rings is 1. The lowest BCUT2D eigenvalue weighted by Gasteiger charge is -2.23. The largest absolute Gasteiger partial charge is 0.481 e. The van der Waals surface area contributed by atoms with Crippen molar-refractivity contribution in [3.63, 3.8) is 0 Å². The van der Waals surface area contributed by atoms with Crippen molar-refractivity contribution in [3.8, 4) is 0 Å². The van der Waals surface area contributed by atoms with Crippen LogP contribution < -0.4 is 4.90 Å². The molecular weight excluding hydrogens is 232 g/mol. The Kier molecular flexibility index (Phi) is 3.04. The van der Waals surface area contributed by atoms with Crippen LogP contribution >= 0.6 is 11.3 Å². The second kappa shape index (κ2) is 4.48. The molecular formula is C9H10N2O4S. The number of carbonyl (C=O) groups is 2. The molecule has 1 aromatic rings. The number of hydrogen-bond acceptors (Lipinski definition) is 5. The van der Waals surface area contributed by atoms with Crippen LogP contribution in [0.4, 0.5) is 9.93 Å². The van der Waals surface area contributed by atoms with Crippen LogP contribution in [0, 0.1) is 0 Å². The molecule has 1 aromatic heterocycles. The predicted octanol–water partition coefficient (Wildman–Crippen LogP) is 1.12. The molecule has 0 saturated carbocycles. The van der Waals surface area contributed by atoms with Crippen molar-refractivity contribution >= 4 is 28.5 Å². The molecule has 6 nitrogen and oxygen atoms in total. The summed E-state index contributed by atoms with van der Waals surface area (Å²) in [5, 5.41) is 10.7. The van der Waals surface area contributed by atoms with Crippen molar-refractivity contribution in [2.24, 2.45) is 0 Å². The van der Waals surface area contributed by atoms with E-state index in [0.717, 1.165) is 6.42 Å². The first kappa shape index (κ1) is 10.9. The van der Waals surface area contributed by atoms with Crippen molar-refractivity contribution in [1.29, 1.82) is 0 Å². The van der Waals surface area contributed by atoms with Gasteiger partial charge < -0.3 is 9.84 Å². The molecule has 0 aliphatic carbocycles. The third-order valence-electron chi connectivity index (χ3n) is 2.07. The Bertz CT molecular complexity index is 417. The minimum Gasteiger partial charge on any atom is -0.481 e. The molecule has 1 N–H and O–H groups in total. The highest BCUT2D eigenvalue weighted by Gasteiger charge is 2.24. The Morgan fingerprint density at radius 1 is 1.69 bits per heavy atom. The topological polar surface area (TPSA) is 79.7 Å². The van der Waals surface area contributed by atoms with E-state index in [-0.39, 0.29) is 6.42 Å². The van der Waals surface area contributed by atoms with Crippen LogP contribution in [0.1, 0.15) is 12.1 Å². The molecule has 0 bridgehead atoms. The summed E-state index contributed by atoms with van der Waals surface area (Å²) in [7, 11) is 0. The fourth-order valence-electron chi connectivity index (χ4n) is 1.38. The van der Waals surface area contributed by atoms with Crippen molar-refractivity contribution in [1.82, 2.24) is 4.98 Å². The molecule has 1 aliphatic heterocycles. The number of ether oxygens (including phenoxy) is 1. The molecule has 2 heterocycles. The summed E-state index contributed by atoms with van der Waals surface area (Å²) in [6.07, 6.45) is 0.223. The first-order valence-corrected chi connectivity index (χ1v) is 5.65. The minimum absolute atomic E-state index is 0.126. The second-order valence-corrected chi connectivity index (χ2v) is 4.15. The van der Waals surface area contributed by atoms with E-state index in [2.05, 4.69) is 4.98 Å². The van der Waals surface area contributed by atoms with Gasteiger partial charge in [0.15, 0.2) is 5.13 Å². The van der Waals surface area contributed by atoms with Crippen LogP contribution in [-0.2, 0) is 16.0 Å². The zero-order valence-corrected chi connectivity index (χ0v) is 9.20. The standard InChI is InChI=1S/C9H10N2O4S/c12-7(13)4-6-5-16-8(10-6)11-2-1-3-15-9(11)14/h5H,1-4H2,(H,12,13). The highest BCUT2D eigenvalue weighted by atomic mass is 32.1. The third-order valence-corrected chi connectivity index (χ3v) is 2.99. The monoisotopic (exact) mass is 242 g/mol. The van der Waals surface area contributed by atoms with Crippen LogP contribution in [0.25, 0.3) is 0 Å². The van der Waals surface area contributed by atoms with Crippen molar-refractivity contribution < 1.29 is 19.4 Å². The van der Waals surface area contributed by atoms with Gasteiger partial charge in [-0.05, 0) is 6.42 Å². The molecule has 0 spiro atoms. The molecule has 1 saturated heterocycles. The van der Waals surface area contributed by atoms with Gasteiger partial charge in [-0.2, -0.15) is 0 Å². The quantitative estimate of drug-likeness (QED) is 0.859. The van der Waals surface area contributed by atoms with Gasteiger partial charge in [0.05, 0.1) is 18.7 Å². The zero-order valence-electron chi connectivity index (χ0n) is 8.38. The molecule has 1 fully saturated rings. The van der Waals surface area contributed by atoms with Crippen LogP contribution in [0.3, 0.4) is 0 Å². The van der Waals surface area contributed by atoms with Crippen LogP contribution in [0.15, 0.2) is 5.38 Å². The first-order chi connectivity index (χ1) is 7.66. The summed E-state index contributed by atoms with van der Waals surface area (Å²) >= 11 is 1.25. The van der Waals surface area contributed by atoms with Gasteiger partial charge in [-0.1, -0.05) is 0 Å². The van der Waals surface area contributed by atoms with E-state index >= 15 is 0 Å². The second-order valence-electron chi connectivity index (χ2n) is 3.31. The molecule has 0 atom stereocenters. The van der Waals surface area contributed by atoms with E-state index in [4.69, 9.17) is 9.84 Å². The number of aliphatic carboxylic acids is 1. The smallest absolute Gasteiger partial charge is 0.416 e. The summed E-state index contributed by atoms with van der Waals surface area (Å²) in [5.74, 6) is -0.932. The number of carboxylic acid groups (broad SMARTS) is 1. The van der Waals surface area contributed by atoms with Crippen molar-refractivity contribution in [2.75, 3.05) is 18.1 Å². The third kappa shape index (κ3) is 2.30. The number of hydrogen-bond donors (Lipinski definition) is 1. The number of carboxylic acids is 1. The first-order valence-electron chi connectivity index (χ1n) is 4.77. The van der Waals surface area contributed by atoms with Gasteiger partial charge >= 0.3 is 12.1 Å². The molecule has 16 heavy (non-hydrogen) atoms. The van der Waals surface area contributed by atoms with E-state index in [1.54, 1.807) is 5.38 Å². The molecule has 86 valence electrons. The number of aromatic nitrogens is 1. The molecule has 1 aliphatic rings. The molecule has 0 unspecified atom stereocenters. The summed E-state index contributed by atoms with van der Waals surface area (Å²) < 4.78 is 4.87. The normalized spacial score (nSPS) is 16.0. The summed E-state index contributed by atoms with van der Waals surface area (Å²) in [6.45, 7) is 1.00. The SMILES string of the molecule is O=C(O)Cc1csc(N2CCCOC2=O)n1. The molecule has 0 radical (unpaired) electrons. The average molecular weight is 242 g/mol. The summed E-state index contributed by atoms with van der Waals surface area (Å²) in [4.78, 5) is 27.4. The molecule has 2 rings (SSSR count). The highest BCUT2D eigenvalue weighted by Crippen LogP contribution is 2.23. The Morgan fingerprint density at radius 2 is 2.50 bits per heavy atom. The van der Waals surface area contributed by atoms with Gasteiger partial charge in [-0.15, -0.1) is 11.3 Å². The Morgan fingerprint density at radius 3 is 3.19 bits per heavy atom. The lowest BCUT2D eigenvalue weighted by Crippen LogP contribution is -2.37. The van der Waals surface area contributed by atoms with Crippen LogP contribution in [-0.4, -0.2) is 35.3 Å². The Hall–Kier alpha value is -1.63. The van der Waals surface area contributed by atoms with Crippen molar-refractivity contribution in [2.45, 2.75) is 12.8 Å². The number of nitrogens with zero attached hydrogens (tertiary/aromatic N) is 2. The Balaban J connectivity index is 2.11. The predicted molar refractivity (Wildman–Crippen MR) is 56.8 cm³/mol. The van der Waals surface area contributed by atoms with E-state index in [1.165, 1.54) is 16.2 Å². The van der Waals surface area contributed by atoms with E-state index in [1.807, 2.05) is 0 Å². The number of rotatable bonds is 3. The average Bonchev–Trinajstić information content (AvgIpc) is 2.66. The number of carbonyl (C=O) groups excluding carboxylic acids is 1. The lowest BCUT2D eigenvalue weighted by atomic mass is 10.3. The maximum absolute atomic E-state index is 11.4. The summed E-state index contributed by atoms with van der Waals surface area (Å²) in [6, 6.07) is 0. The van der Waals surface area contributed by atoms with Gasteiger partial charge in [0.1, 0.15) is 0 Å². The van der Waals surface area contributed by atoms with Gasteiger partial charge in [0, 0.05) is 11.9 Å². The van der Waals surface area contributed by atoms with Gasteiger partial charge in [0.25, 0.3) is 0 Å². The highest BCUT2D eigenvalue weighted by molar-refractivity contribution is 7.14. The van der Waals surface area contributed by atoms with Crippen LogP contribution in [0.5, 0.6) is 0 Å². The van der Waals surface area contributed by atoms with E-state index in [0.29, 0.717) is 24.0 Å². The van der Waals surface area contributed by atoms with Gasteiger partial charge in [-0.3, -0.25) is 9.69 Å². The molecule has 1 amide bonds. The molecule has 0 aromatic carbocycles. The molecule has 7 heteroatoms. The number of amides is 1. The van der Waals surface area contributed by atoms with E-state index in [9.17, 15) is 9.59 Å².